The SMILES string of the molecule is CCOc1ccccc1NC(=O)C(=O)NCC1(O)CCCc2cc(OC)ccc21. The Labute approximate surface area is 170 Å². The van der Waals surface area contributed by atoms with Gasteiger partial charge in [0.15, 0.2) is 0 Å². The molecule has 29 heavy (non-hydrogen) atoms. The van der Waals surface area contributed by atoms with Gasteiger partial charge in [-0.15, -0.1) is 0 Å². The van der Waals surface area contributed by atoms with Crippen molar-refractivity contribution in [2.75, 3.05) is 25.6 Å². The molecule has 3 N–H and O–H groups in total. The van der Waals surface area contributed by atoms with Crippen LogP contribution in [0, 0.1) is 0 Å². The summed E-state index contributed by atoms with van der Waals surface area (Å²) in [7, 11) is 1.60. The van der Waals surface area contributed by atoms with Crippen LogP contribution in [0.1, 0.15) is 30.9 Å². The Bertz CT molecular complexity index is 899. The average Bonchev–Trinajstić information content (AvgIpc) is 2.73. The van der Waals surface area contributed by atoms with Crippen LogP contribution < -0.4 is 20.1 Å². The Balaban J connectivity index is 1.66. The number of aryl methyl sites for hydroxylation is 1. The lowest BCUT2D eigenvalue weighted by Gasteiger charge is -2.34. The largest absolute Gasteiger partial charge is 0.497 e. The zero-order valence-electron chi connectivity index (χ0n) is 16.7. The van der Waals surface area contributed by atoms with Gasteiger partial charge in [0.25, 0.3) is 0 Å². The van der Waals surface area contributed by atoms with Gasteiger partial charge in [-0.25, -0.2) is 0 Å². The molecule has 2 aromatic carbocycles. The number of methoxy groups -OCH3 is 1. The zero-order chi connectivity index (χ0) is 20.9. The molecule has 0 aliphatic heterocycles. The molecule has 0 aromatic heterocycles. The van der Waals surface area contributed by atoms with Crippen molar-refractivity contribution < 1.29 is 24.2 Å². The van der Waals surface area contributed by atoms with E-state index in [-0.39, 0.29) is 6.54 Å². The minimum absolute atomic E-state index is 0.0499. The van der Waals surface area contributed by atoms with Gasteiger partial charge in [0.1, 0.15) is 17.1 Å². The maximum Gasteiger partial charge on any atom is 0.313 e. The molecule has 154 valence electrons. The lowest BCUT2D eigenvalue weighted by Crippen LogP contribution is -2.46. The van der Waals surface area contributed by atoms with Crippen molar-refractivity contribution in [1.82, 2.24) is 5.32 Å². The van der Waals surface area contributed by atoms with E-state index in [1.54, 1.807) is 37.4 Å². The molecular weight excluding hydrogens is 372 g/mol. The Morgan fingerprint density at radius 1 is 1.17 bits per heavy atom. The highest BCUT2D eigenvalue weighted by Crippen LogP contribution is 2.36. The number of carbonyl (C=O) groups excluding carboxylic acids is 2. The van der Waals surface area contributed by atoms with Crippen molar-refractivity contribution in [2.45, 2.75) is 31.8 Å². The minimum atomic E-state index is -1.22. The van der Waals surface area contributed by atoms with Crippen molar-refractivity contribution in [3.63, 3.8) is 0 Å². The molecule has 0 saturated heterocycles. The molecule has 1 atom stereocenters. The fourth-order valence-corrected chi connectivity index (χ4v) is 3.58. The Morgan fingerprint density at radius 2 is 1.97 bits per heavy atom. The predicted octanol–water partition coefficient (Wildman–Crippen LogP) is 2.37. The number of carbonyl (C=O) groups is 2. The summed E-state index contributed by atoms with van der Waals surface area (Å²) in [6.45, 7) is 2.23. The van der Waals surface area contributed by atoms with Crippen LogP contribution in [-0.4, -0.2) is 37.2 Å². The summed E-state index contributed by atoms with van der Waals surface area (Å²) in [5.74, 6) is -0.411. The number of ether oxygens (including phenoxy) is 2. The van der Waals surface area contributed by atoms with Crippen molar-refractivity contribution in [3.05, 3.63) is 53.6 Å². The van der Waals surface area contributed by atoms with Crippen LogP contribution >= 0.6 is 0 Å². The molecule has 0 heterocycles. The van der Waals surface area contributed by atoms with E-state index >= 15 is 0 Å². The van der Waals surface area contributed by atoms with E-state index < -0.39 is 17.4 Å². The van der Waals surface area contributed by atoms with Crippen LogP contribution in [0.4, 0.5) is 5.69 Å². The summed E-state index contributed by atoms with van der Waals surface area (Å²) >= 11 is 0. The van der Waals surface area contributed by atoms with E-state index in [0.29, 0.717) is 24.5 Å². The van der Waals surface area contributed by atoms with Crippen LogP contribution in [-0.2, 0) is 21.6 Å². The fraction of sp³-hybridized carbons (Fsp3) is 0.364. The van der Waals surface area contributed by atoms with Crippen molar-refractivity contribution in [2.24, 2.45) is 0 Å². The molecule has 0 spiro atoms. The van der Waals surface area contributed by atoms with E-state index in [9.17, 15) is 14.7 Å². The second-order valence-electron chi connectivity index (χ2n) is 6.97. The third-order valence-electron chi connectivity index (χ3n) is 5.03. The number of para-hydroxylation sites is 2. The first-order valence-electron chi connectivity index (χ1n) is 9.67. The van der Waals surface area contributed by atoms with Crippen molar-refractivity contribution in [1.29, 1.82) is 0 Å². The van der Waals surface area contributed by atoms with Gasteiger partial charge in [0.2, 0.25) is 0 Å². The molecule has 1 aliphatic carbocycles. The molecule has 1 unspecified atom stereocenters. The minimum Gasteiger partial charge on any atom is -0.497 e. The summed E-state index contributed by atoms with van der Waals surface area (Å²) in [4.78, 5) is 24.6. The van der Waals surface area contributed by atoms with E-state index in [4.69, 9.17) is 9.47 Å². The second kappa shape index (κ2) is 8.96. The van der Waals surface area contributed by atoms with E-state index in [1.807, 2.05) is 19.1 Å². The summed E-state index contributed by atoms with van der Waals surface area (Å²) in [6.07, 6.45) is 2.11. The summed E-state index contributed by atoms with van der Waals surface area (Å²) in [5.41, 5.74) is 0.941. The Morgan fingerprint density at radius 3 is 2.72 bits per heavy atom. The highest BCUT2D eigenvalue weighted by Gasteiger charge is 2.35. The number of fused-ring (bicyclic) bond motifs is 1. The van der Waals surface area contributed by atoms with Gasteiger partial charge in [-0.3, -0.25) is 9.59 Å². The van der Waals surface area contributed by atoms with E-state index in [1.165, 1.54) is 0 Å². The fourth-order valence-electron chi connectivity index (χ4n) is 3.58. The van der Waals surface area contributed by atoms with Crippen LogP contribution in [0.3, 0.4) is 0 Å². The maximum atomic E-state index is 12.3. The van der Waals surface area contributed by atoms with Crippen molar-refractivity contribution in [3.8, 4) is 11.5 Å². The van der Waals surface area contributed by atoms with Crippen molar-refractivity contribution >= 4 is 17.5 Å². The van der Waals surface area contributed by atoms with Gasteiger partial charge in [0, 0.05) is 0 Å². The van der Waals surface area contributed by atoms with Gasteiger partial charge in [-0.05, 0) is 61.6 Å². The Kier molecular flexibility index (Phi) is 6.39. The molecule has 0 saturated carbocycles. The normalized spacial score (nSPS) is 17.8. The van der Waals surface area contributed by atoms with Crippen LogP contribution in [0.2, 0.25) is 0 Å². The number of hydrogen-bond donors (Lipinski definition) is 3. The smallest absolute Gasteiger partial charge is 0.313 e. The topological polar surface area (TPSA) is 96.9 Å². The quantitative estimate of drug-likeness (QED) is 0.649. The predicted molar refractivity (Wildman–Crippen MR) is 109 cm³/mol. The zero-order valence-corrected chi connectivity index (χ0v) is 16.7. The monoisotopic (exact) mass is 398 g/mol. The second-order valence-corrected chi connectivity index (χ2v) is 6.97. The standard InChI is InChI=1S/C22H26N2O5/c1-3-29-19-9-5-4-8-18(19)24-21(26)20(25)23-14-22(27)12-6-7-15-13-16(28-2)10-11-17(15)22/h4-5,8-11,13,27H,3,6-7,12,14H2,1-2H3,(H,23,25)(H,24,26). The number of anilines is 1. The molecule has 0 radical (unpaired) electrons. The summed E-state index contributed by atoms with van der Waals surface area (Å²) < 4.78 is 10.7. The average molecular weight is 398 g/mol. The van der Waals surface area contributed by atoms with Gasteiger partial charge >= 0.3 is 11.8 Å². The highest BCUT2D eigenvalue weighted by atomic mass is 16.5. The Hall–Kier alpha value is -3.06. The first-order chi connectivity index (χ1) is 14.0. The van der Waals surface area contributed by atoms with E-state index in [0.717, 1.165) is 29.7 Å². The van der Waals surface area contributed by atoms with E-state index in [2.05, 4.69) is 10.6 Å². The van der Waals surface area contributed by atoms with Gasteiger partial charge in [-0.2, -0.15) is 0 Å². The molecule has 7 nitrogen and oxygen atoms in total. The molecule has 0 bridgehead atoms. The molecule has 2 amide bonds. The van der Waals surface area contributed by atoms with Crippen LogP contribution in [0.15, 0.2) is 42.5 Å². The number of amides is 2. The number of nitrogens with one attached hydrogen (secondary N) is 2. The maximum absolute atomic E-state index is 12.3. The molecule has 3 rings (SSSR count). The number of benzene rings is 2. The number of aliphatic hydroxyl groups is 1. The van der Waals surface area contributed by atoms with Crippen LogP contribution in [0.5, 0.6) is 11.5 Å². The summed E-state index contributed by atoms with van der Waals surface area (Å²) in [5, 5.41) is 16.2. The number of rotatable bonds is 6. The highest BCUT2D eigenvalue weighted by molar-refractivity contribution is 6.39. The van der Waals surface area contributed by atoms with Gasteiger partial charge < -0.3 is 25.2 Å². The van der Waals surface area contributed by atoms with Crippen LogP contribution in [0.25, 0.3) is 0 Å². The van der Waals surface area contributed by atoms with Gasteiger partial charge in [0.05, 0.1) is 25.9 Å². The molecule has 2 aromatic rings. The third kappa shape index (κ3) is 4.68. The molecule has 7 heteroatoms. The lowest BCUT2D eigenvalue weighted by molar-refractivity contribution is -0.137. The lowest BCUT2D eigenvalue weighted by atomic mass is 9.79. The third-order valence-corrected chi connectivity index (χ3v) is 5.03. The molecular formula is C22H26N2O5. The first-order valence-corrected chi connectivity index (χ1v) is 9.67. The summed E-state index contributed by atoms with van der Waals surface area (Å²) in [6, 6.07) is 12.4. The van der Waals surface area contributed by atoms with Gasteiger partial charge in [-0.1, -0.05) is 18.2 Å². The first kappa shape index (κ1) is 20.7. The molecule has 0 fully saturated rings. The number of hydrogen-bond acceptors (Lipinski definition) is 5. The molecule has 1 aliphatic rings.